The van der Waals surface area contributed by atoms with E-state index in [2.05, 4.69) is 10.3 Å². The maximum absolute atomic E-state index is 13.3. The van der Waals surface area contributed by atoms with Gasteiger partial charge in [0.05, 0.1) is 18.7 Å². The lowest BCUT2D eigenvalue weighted by molar-refractivity contribution is -0.132. The Labute approximate surface area is 176 Å². The predicted octanol–water partition coefficient (Wildman–Crippen LogP) is 2.90. The summed E-state index contributed by atoms with van der Waals surface area (Å²) < 4.78 is 0. The van der Waals surface area contributed by atoms with Gasteiger partial charge in [-0.25, -0.2) is 0 Å². The number of allylic oxidation sites excluding steroid dienone is 1. The first kappa shape index (κ1) is 20.0. The van der Waals surface area contributed by atoms with Gasteiger partial charge in [-0.2, -0.15) is 0 Å². The van der Waals surface area contributed by atoms with E-state index >= 15 is 0 Å². The first-order valence-electron chi connectivity index (χ1n) is 10.4. The summed E-state index contributed by atoms with van der Waals surface area (Å²) in [6.45, 7) is 0.775. The van der Waals surface area contributed by atoms with Gasteiger partial charge in [-0.15, -0.1) is 0 Å². The minimum Gasteiger partial charge on any atom is -0.352 e. The molecule has 0 bridgehead atoms. The lowest BCUT2D eigenvalue weighted by Crippen LogP contribution is -2.42. The van der Waals surface area contributed by atoms with Crippen LogP contribution in [0.2, 0.25) is 0 Å². The van der Waals surface area contributed by atoms with Crippen molar-refractivity contribution in [2.75, 3.05) is 6.54 Å². The maximum atomic E-state index is 13.3. The van der Waals surface area contributed by atoms with E-state index in [1.165, 1.54) is 0 Å². The molecule has 4 rings (SSSR count). The van der Waals surface area contributed by atoms with Crippen molar-refractivity contribution in [3.63, 3.8) is 0 Å². The second-order valence-corrected chi connectivity index (χ2v) is 7.82. The number of nitrogens with zero attached hydrogens (tertiary/aromatic N) is 2. The third-order valence-corrected chi connectivity index (χ3v) is 5.71. The van der Waals surface area contributed by atoms with Crippen LogP contribution >= 0.6 is 0 Å². The van der Waals surface area contributed by atoms with Crippen LogP contribution in [0.3, 0.4) is 0 Å². The molecule has 30 heavy (non-hydrogen) atoms. The van der Waals surface area contributed by atoms with E-state index in [0.29, 0.717) is 44.3 Å². The first-order valence-corrected chi connectivity index (χ1v) is 10.4. The van der Waals surface area contributed by atoms with Gasteiger partial charge < -0.3 is 10.2 Å². The molecule has 1 aromatic heterocycles. The quantitative estimate of drug-likeness (QED) is 0.771. The largest absolute Gasteiger partial charge is 0.352 e. The van der Waals surface area contributed by atoms with E-state index in [-0.39, 0.29) is 30.1 Å². The summed E-state index contributed by atoms with van der Waals surface area (Å²) in [5.41, 5.74) is 3.38. The zero-order chi connectivity index (χ0) is 20.9. The number of carbonyl (C=O) groups excluding carboxylic acids is 3. The fourth-order valence-electron chi connectivity index (χ4n) is 4.16. The molecule has 1 aliphatic carbocycles. The molecule has 0 unspecified atom stereocenters. The van der Waals surface area contributed by atoms with E-state index < -0.39 is 0 Å². The molecule has 6 nitrogen and oxygen atoms in total. The third kappa shape index (κ3) is 4.64. The number of Topliss-reactive ketones (excluding diaryl/α,β-unsaturated/α-hetero) is 1. The number of ketones is 1. The fraction of sp³-hybridized carbons (Fsp3) is 0.333. The van der Waals surface area contributed by atoms with Crippen LogP contribution in [0.5, 0.6) is 0 Å². The highest BCUT2D eigenvalue weighted by atomic mass is 16.2. The van der Waals surface area contributed by atoms with Gasteiger partial charge in [0.25, 0.3) is 0 Å². The van der Waals surface area contributed by atoms with Gasteiger partial charge >= 0.3 is 0 Å². The number of hydrogen-bond donors (Lipinski definition) is 1. The molecule has 0 saturated carbocycles. The van der Waals surface area contributed by atoms with Crippen molar-refractivity contribution in [3.8, 4) is 0 Å². The molecule has 2 amide bonds. The third-order valence-electron chi connectivity index (χ3n) is 5.71. The number of amides is 2. The topological polar surface area (TPSA) is 79.4 Å². The number of rotatable bonds is 7. The molecule has 1 saturated heterocycles. The molecule has 154 valence electrons. The van der Waals surface area contributed by atoms with Gasteiger partial charge in [-0.3, -0.25) is 19.4 Å². The molecule has 0 spiro atoms. The van der Waals surface area contributed by atoms with Gasteiger partial charge in [-0.05, 0) is 36.1 Å². The highest BCUT2D eigenvalue weighted by molar-refractivity contribution is 6.10. The van der Waals surface area contributed by atoms with Crippen LogP contribution in [0.25, 0.3) is 5.57 Å². The van der Waals surface area contributed by atoms with Gasteiger partial charge in [-0.1, -0.05) is 36.4 Å². The Hall–Kier alpha value is -3.28. The lowest BCUT2D eigenvalue weighted by Gasteiger charge is -2.26. The number of aromatic nitrogens is 1. The van der Waals surface area contributed by atoms with Crippen molar-refractivity contribution in [2.45, 2.75) is 44.7 Å². The average Bonchev–Trinajstić information content (AvgIpc) is 3.34. The van der Waals surface area contributed by atoms with Crippen LogP contribution in [0.1, 0.15) is 43.4 Å². The second-order valence-electron chi connectivity index (χ2n) is 7.82. The fourth-order valence-corrected chi connectivity index (χ4v) is 4.16. The molecule has 1 atom stereocenters. The first-order chi connectivity index (χ1) is 14.6. The number of carbonyl (C=O) groups is 3. The van der Waals surface area contributed by atoms with Crippen LogP contribution in [-0.2, 0) is 20.9 Å². The van der Waals surface area contributed by atoms with Crippen molar-refractivity contribution in [2.24, 2.45) is 0 Å². The minimum atomic E-state index is -0.111. The van der Waals surface area contributed by atoms with E-state index in [0.717, 1.165) is 16.8 Å². The molecule has 0 radical (unpaired) electrons. The van der Waals surface area contributed by atoms with Crippen molar-refractivity contribution in [1.82, 2.24) is 15.2 Å². The van der Waals surface area contributed by atoms with Crippen LogP contribution < -0.4 is 5.32 Å². The van der Waals surface area contributed by atoms with Crippen LogP contribution in [0.15, 0.2) is 60.3 Å². The summed E-state index contributed by atoms with van der Waals surface area (Å²) in [6.07, 6.45) is 4.10. The Morgan fingerprint density at radius 2 is 1.83 bits per heavy atom. The van der Waals surface area contributed by atoms with Gasteiger partial charge in [0.1, 0.15) is 0 Å². The molecule has 1 aromatic carbocycles. The van der Waals surface area contributed by atoms with Crippen LogP contribution in [0, 0.1) is 0 Å². The number of pyridine rings is 1. The van der Waals surface area contributed by atoms with Crippen LogP contribution in [0.4, 0.5) is 0 Å². The summed E-state index contributed by atoms with van der Waals surface area (Å²) in [5, 5.41) is 2.93. The SMILES string of the molecule is O=C1CC[C@@H](CN(Cc2ccccn2)C(=O)CC2=C(c3ccccc3)CCC2=O)N1. The normalized spacial score (nSPS) is 18.6. The zero-order valence-corrected chi connectivity index (χ0v) is 16.8. The smallest absolute Gasteiger partial charge is 0.227 e. The van der Waals surface area contributed by atoms with E-state index in [1.807, 2.05) is 48.5 Å². The van der Waals surface area contributed by atoms with Crippen molar-refractivity contribution in [3.05, 3.63) is 71.6 Å². The van der Waals surface area contributed by atoms with Crippen molar-refractivity contribution < 1.29 is 14.4 Å². The van der Waals surface area contributed by atoms with E-state index in [4.69, 9.17) is 0 Å². The molecule has 2 aromatic rings. The van der Waals surface area contributed by atoms with Gasteiger partial charge in [0.2, 0.25) is 11.8 Å². The Balaban J connectivity index is 1.55. The lowest BCUT2D eigenvalue weighted by atomic mass is 9.99. The summed E-state index contributed by atoms with van der Waals surface area (Å²) in [7, 11) is 0. The van der Waals surface area contributed by atoms with Crippen molar-refractivity contribution >= 4 is 23.2 Å². The molecular formula is C24H25N3O3. The monoisotopic (exact) mass is 403 g/mol. The molecule has 2 aliphatic rings. The zero-order valence-electron chi connectivity index (χ0n) is 16.8. The predicted molar refractivity (Wildman–Crippen MR) is 113 cm³/mol. The molecule has 2 heterocycles. The summed E-state index contributed by atoms with van der Waals surface area (Å²) in [4.78, 5) is 43.5. The Morgan fingerprint density at radius 1 is 1.03 bits per heavy atom. The van der Waals surface area contributed by atoms with Crippen molar-refractivity contribution in [1.29, 1.82) is 0 Å². The second kappa shape index (κ2) is 9.03. The summed E-state index contributed by atoms with van der Waals surface area (Å²) in [5.74, 6) is -0.0417. The van der Waals surface area contributed by atoms with Gasteiger partial charge in [0, 0.05) is 37.2 Å². The summed E-state index contributed by atoms with van der Waals surface area (Å²) >= 11 is 0. The number of nitrogens with one attached hydrogen (secondary N) is 1. The Morgan fingerprint density at radius 3 is 2.53 bits per heavy atom. The van der Waals surface area contributed by atoms with E-state index in [1.54, 1.807) is 11.1 Å². The molecule has 1 fully saturated rings. The average molecular weight is 403 g/mol. The number of hydrogen-bond acceptors (Lipinski definition) is 4. The molecule has 6 heteroatoms. The van der Waals surface area contributed by atoms with Gasteiger partial charge in [0.15, 0.2) is 5.78 Å². The molecule has 1 N–H and O–H groups in total. The Kier molecular flexibility index (Phi) is 6.02. The van der Waals surface area contributed by atoms with E-state index in [9.17, 15) is 14.4 Å². The number of benzene rings is 1. The highest BCUT2D eigenvalue weighted by Crippen LogP contribution is 2.33. The highest BCUT2D eigenvalue weighted by Gasteiger charge is 2.30. The maximum Gasteiger partial charge on any atom is 0.227 e. The minimum absolute atomic E-state index is 0.0188. The Bertz CT molecular complexity index is 970. The van der Waals surface area contributed by atoms with Crippen LogP contribution in [-0.4, -0.2) is 40.1 Å². The standard InChI is InChI=1S/C24H25N3O3/c28-22-11-10-20(17-6-2-1-3-7-17)21(22)14-24(30)27(15-18-8-4-5-13-25-18)16-19-9-12-23(29)26-19/h1-8,13,19H,9-12,14-16H2,(H,26,29)/t19-/m0/s1. The molecule has 1 aliphatic heterocycles. The molecular weight excluding hydrogens is 378 g/mol. The summed E-state index contributed by atoms with van der Waals surface area (Å²) in [6, 6.07) is 15.3.